The lowest BCUT2D eigenvalue weighted by atomic mass is 9.71. The van der Waals surface area contributed by atoms with Crippen LogP contribution >= 0.6 is 0 Å². The number of nitrogens with two attached hydrogens (primary N) is 1. The van der Waals surface area contributed by atoms with Crippen molar-refractivity contribution in [3.05, 3.63) is 66.0 Å². The quantitative estimate of drug-likeness (QED) is 0.462. The van der Waals surface area contributed by atoms with Gasteiger partial charge in [0.15, 0.2) is 0 Å². The van der Waals surface area contributed by atoms with E-state index in [0.29, 0.717) is 31.7 Å². The second-order valence-corrected chi connectivity index (χ2v) is 10.2. The van der Waals surface area contributed by atoms with Crippen LogP contribution in [0.25, 0.3) is 0 Å². The predicted octanol–water partition coefficient (Wildman–Crippen LogP) is 4.31. The summed E-state index contributed by atoms with van der Waals surface area (Å²) in [5.41, 5.74) is 7.87. The van der Waals surface area contributed by atoms with E-state index in [4.69, 9.17) is 5.73 Å². The van der Waals surface area contributed by atoms with Crippen LogP contribution in [0.5, 0.6) is 0 Å². The number of benzene rings is 1. The summed E-state index contributed by atoms with van der Waals surface area (Å²) in [6, 6.07) is 15.2. The highest BCUT2D eigenvalue weighted by Gasteiger charge is 2.35. The van der Waals surface area contributed by atoms with E-state index >= 15 is 0 Å². The Morgan fingerprint density at radius 1 is 1.03 bits per heavy atom. The Hall–Kier alpha value is -2.73. The third-order valence-electron chi connectivity index (χ3n) is 6.83. The molecule has 0 spiro atoms. The number of pyridine rings is 1. The average molecular weight is 465 g/mol. The molecule has 2 atom stereocenters. The second kappa shape index (κ2) is 12.7. The Morgan fingerprint density at radius 2 is 1.74 bits per heavy atom. The Morgan fingerprint density at radius 3 is 2.38 bits per heavy atom. The molecule has 0 aliphatic heterocycles. The summed E-state index contributed by atoms with van der Waals surface area (Å²) in [6.07, 6.45) is 8.69. The van der Waals surface area contributed by atoms with Crippen molar-refractivity contribution in [2.24, 2.45) is 17.1 Å². The number of hydrogen-bond acceptors (Lipinski definition) is 4. The van der Waals surface area contributed by atoms with Gasteiger partial charge in [0.2, 0.25) is 11.8 Å². The first-order valence-electron chi connectivity index (χ1n) is 12.6. The van der Waals surface area contributed by atoms with Gasteiger partial charge in [0.25, 0.3) is 0 Å². The molecule has 2 amide bonds. The number of nitrogens with one attached hydrogen (secondary N) is 2. The maximum atomic E-state index is 13.3. The summed E-state index contributed by atoms with van der Waals surface area (Å²) >= 11 is 0. The normalized spacial score (nSPS) is 17.1. The molecule has 6 nitrogen and oxygen atoms in total. The van der Waals surface area contributed by atoms with E-state index in [1.165, 1.54) is 6.42 Å². The van der Waals surface area contributed by atoms with Gasteiger partial charge in [-0.05, 0) is 48.3 Å². The molecule has 1 saturated carbocycles. The molecule has 184 valence electrons. The largest absolute Gasteiger partial charge is 0.354 e. The molecule has 1 heterocycles. The summed E-state index contributed by atoms with van der Waals surface area (Å²) in [6.45, 7) is 4.63. The first kappa shape index (κ1) is 25.9. The van der Waals surface area contributed by atoms with Gasteiger partial charge in [-0.3, -0.25) is 14.6 Å². The zero-order valence-electron chi connectivity index (χ0n) is 20.6. The Balaban J connectivity index is 1.67. The molecule has 1 fully saturated rings. The molecule has 1 unspecified atom stereocenters. The van der Waals surface area contributed by atoms with Crippen molar-refractivity contribution in [2.45, 2.75) is 77.3 Å². The van der Waals surface area contributed by atoms with Crippen LogP contribution in [0.4, 0.5) is 0 Å². The Bertz CT molecular complexity index is 895. The lowest BCUT2D eigenvalue weighted by molar-refractivity contribution is -0.127. The summed E-state index contributed by atoms with van der Waals surface area (Å²) in [7, 11) is 0. The first-order chi connectivity index (χ1) is 16.4. The topological polar surface area (TPSA) is 97.1 Å². The minimum Gasteiger partial charge on any atom is -0.354 e. The van der Waals surface area contributed by atoms with Gasteiger partial charge in [-0.2, -0.15) is 0 Å². The average Bonchev–Trinajstić information content (AvgIpc) is 2.83. The lowest BCUT2D eigenvalue weighted by Gasteiger charge is -2.37. The number of hydrogen-bond donors (Lipinski definition) is 3. The maximum absolute atomic E-state index is 13.3. The van der Waals surface area contributed by atoms with E-state index in [2.05, 4.69) is 29.5 Å². The summed E-state index contributed by atoms with van der Waals surface area (Å²) in [5.74, 6) is 0.271. The fourth-order valence-corrected chi connectivity index (χ4v) is 4.99. The molecule has 6 heteroatoms. The van der Waals surface area contributed by atoms with Gasteiger partial charge in [0.1, 0.15) is 0 Å². The molecule has 0 saturated heterocycles. The van der Waals surface area contributed by atoms with Crippen molar-refractivity contribution < 1.29 is 9.59 Å². The van der Waals surface area contributed by atoms with E-state index in [-0.39, 0.29) is 23.3 Å². The van der Waals surface area contributed by atoms with Crippen molar-refractivity contribution in [3.63, 3.8) is 0 Å². The van der Waals surface area contributed by atoms with E-state index < -0.39 is 6.04 Å². The molecule has 1 aliphatic carbocycles. The van der Waals surface area contributed by atoms with Crippen molar-refractivity contribution in [1.82, 2.24) is 15.6 Å². The summed E-state index contributed by atoms with van der Waals surface area (Å²) < 4.78 is 0. The number of rotatable bonds is 11. The molecule has 0 radical (unpaired) electrons. The third kappa shape index (κ3) is 7.94. The SMILES string of the molecule is CC(C)C[C@H](N)C(=O)NCC1(CC(=O)NC(Cc2ccccn2)c2ccccc2)CCCCC1. The smallest absolute Gasteiger partial charge is 0.236 e. The first-order valence-corrected chi connectivity index (χ1v) is 12.6. The molecule has 3 rings (SSSR count). The Labute approximate surface area is 204 Å². The van der Waals surface area contributed by atoms with Gasteiger partial charge in [0.05, 0.1) is 12.1 Å². The molecule has 4 N–H and O–H groups in total. The van der Waals surface area contributed by atoms with Crippen LogP contribution in [0, 0.1) is 11.3 Å². The summed E-state index contributed by atoms with van der Waals surface area (Å²) in [4.78, 5) is 30.4. The van der Waals surface area contributed by atoms with E-state index in [9.17, 15) is 9.59 Å². The molecular formula is C28H40N4O2. The monoisotopic (exact) mass is 464 g/mol. The van der Waals surface area contributed by atoms with E-state index in [1.54, 1.807) is 6.20 Å². The van der Waals surface area contributed by atoms with Gasteiger partial charge < -0.3 is 16.4 Å². The molecule has 34 heavy (non-hydrogen) atoms. The number of aromatic nitrogens is 1. The van der Waals surface area contributed by atoms with Crippen LogP contribution in [-0.2, 0) is 16.0 Å². The standard InChI is InChI=1S/C28H40N4O2/c1-21(2)17-24(29)27(34)31-20-28(14-8-4-9-15-28)19-26(33)32-25(22-11-5-3-6-12-22)18-23-13-7-10-16-30-23/h3,5-7,10-13,16,21,24-25H,4,8-9,14-15,17-20,29H2,1-2H3,(H,31,34)(H,32,33)/t24-,25?/m0/s1. The van der Waals surface area contributed by atoms with Gasteiger partial charge >= 0.3 is 0 Å². The maximum Gasteiger partial charge on any atom is 0.236 e. The number of nitrogens with zero attached hydrogens (tertiary/aromatic N) is 1. The van der Waals surface area contributed by atoms with Crippen molar-refractivity contribution >= 4 is 11.8 Å². The van der Waals surface area contributed by atoms with Crippen molar-refractivity contribution in [3.8, 4) is 0 Å². The molecule has 1 aliphatic rings. The second-order valence-electron chi connectivity index (χ2n) is 10.2. The highest BCUT2D eigenvalue weighted by atomic mass is 16.2. The number of carbonyl (C=O) groups excluding carboxylic acids is 2. The predicted molar refractivity (Wildman–Crippen MR) is 136 cm³/mol. The van der Waals surface area contributed by atoms with E-state index in [1.807, 2.05) is 48.5 Å². The zero-order chi connectivity index (χ0) is 24.4. The highest BCUT2D eigenvalue weighted by molar-refractivity contribution is 5.82. The van der Waals surface area contributed by atoms with Crippen LogP contribution in [0.3, 0.4) is 0 Å². The fourth-order valence-electron chi connectivity index (χ4n) is 4.99. The van der Waals surface area contributed by atoms with Crippen LogP contribution < -0.4 is 16.4 Å². The van der Waals surface area contributed by atoms with Crippen LogP contribution in [0.15, 0.2) is 54.7 Å². The molecule has 1 aromatic heterocycles. The molecule has 1 aromatic carbocycles. The number of amides is 2. The summed E-state index contributed by atoms with van der Waals surface area (Å²) in [5, 5.41) is 6.35. The molecule has 2 aromatic rings. The van der Waals surface area contributed by atoms with Crippen LogP contribution in [0.2, 0.25) is 0 Å². The fraction of sp³-hybridized carbons (Fsp3) is 0.536. The lowest BCUT2D eigenvalue weighted by Crippen LogP contribution is -2.48. The highest BCUT2D eigenvalue weighted by Crippen LogP contribution is 2.39. The van der Waals surface area contributed by atoms with Crippen LogP contribution in [-0.4, -0.2) is 29.4 Å². The third-order valence-corrected chi connectivity index (χ3v) is 6.83. The minimum absolute atomic E-state index is 0.0208. The van der Waals surface area contributed by atoms with Crippen molar-refractivity contribution in [1.29, 1.82) is 0 Å². The zero-order valence-corrected chi connectivity index (χ0v) is 20.6. The van der Waals surface area contributed by atoms with E-state index in [0.717, 1.165) is 36.9 Å². The molecule has 0 bridgehead atoms. The van der Waals surface area contributed by atoms with Crippen molar-refractivity contribution in [2.75, 3.05) is 6.54 Å². The molecular weight excluding hydrogens is 424 g/mol. The number of carbonyl (C=O) groups is 2. The van der Waals surface area contributed by atoms with Gasteiger partial charge in [-0.1, -0.05) is 69.5 Å². The Kier molecular flexibility index (Phi) is 9.63. The van der Waals surface area contributed by atoms with Gasteiger partial charge in [-0.15, -0.1) is 0 Å². The minimum atomic E-state index is -0.504. The van der Waals surface area contributed by atoms with Gasteiger partial charge in [-0.25, -0.2) is 0 Å². The van der Waals surface area contributed by atoms with Crippen LogP contribution in [0.1, 0.15) is 76.1 Å². The van der Waals surface area contributed by atoms with Gasteiger partial charge in [0, 0.05) is 31.3 Å².